The van der Waals surface area contributed by atoms with E-state index in [9.17, 15) is 9.59 Å². The molecule has 0 saturated carbocycles. The summed E-state index contributed by atoms with van der Waals surface area (Å²) in [7, 11) is 2.10. The van der Waals surface area contributed by atoms with Gasteiger partial charge in [0.1, 0.15) is 0 Å². The van der Waals surface area contributed by atoms with Crippen LogP contribution in [0.5, 0.6) is 0 Å². The van der Waals surface area contributed by atoms with Crippen molar-refractivity contribution in [2.24, 2.45) is 5.41 Å². The fourth-order valence-corrected chi connectivity index (χ4v) is 3.74. The highest BCUT2D eigenvalue weighted by atomic mass is 32.2. The van der Waals surface area contributed by atoms with Gasteiger partial charge >= 0.3 is 0 Å². The molecule has 128 valence electrons. The predicted octanol–water partition coefficient (Wildman–Crippen LogP) is 1.47. The maximum atomic E-state index is 12.1. The Labute approximate surface area is 145 Å². The Bertz CT molecular complexity index is 807. The highest BCUT2D eigenvalue weighted by Crippen LogP contribution is 2.27. The number of carbonyl (C=O) groups excluding carboxylic acids is 1. The number of likely N-dealkylation sites (tertiary alicyclic amines) is 1. The number of para-hydroxylation sites is 1. The number of amides is 1. The van der Waals surface area contributed by atoms with Crippen molar-refractivity contribution in [3.05, 3.63) is 34.6 Å². The minimum absolute atomic E-state index is 0.0356. The Morgan fingerprint density at radius 1 is 1.46 bits per heavy atom. The van der Waals surface area contributed by atoms with E-state index < -0.39 is 0 Å². The number of hydrogen-bond acceptors (Lipinski definition) is 5. The average molecular weight is 346 g/mol. The van der Waals surface area contributed by atoms with Crippen molar-refractivity contribution in [3.63, 3.8) is 0 Å². The summed E-state index contributed by atoms with van der Waals surface area (Å²) >= 11 is 1.25. The van der Waals surface area contributed by atoms with E-state index in [1.165, 1.54) is 11.8 Å². The van der Waals surface area contributed by atoms with Gasteiger partial charge in [-0.2, -0.15) is 0 Å². The smallest absolute Gasteiger partial charge is 0.259 e. The number of carbonyl (C=O) groups is 1. The number of H-pyrrole nitrogens is 1. The minimum atomic E-state index is -0.176. The third kappa shape index (κ3) is 3.96. The van der Waals surface area contributed by atoms with Crippen LogP contribution in [0.25, 0.3) is 10.9 Å². The summed E-state index contributed by atoms with van der Waals surface area (Å²) in [5, 5.41) is 4.03. The maximum Gasteiger partial charge on any atom is 0.259 e. The van der Waals surface area contributed by atoms with E-state index in [1.54, 1.807) is 18.2 Å². The van der Waals surface area contributed by atoms with E-state index >= 15 is 0 Å². The van der Waals surface area contributed by atoms with Gasteiger partial charge in [-0.25, -0.2) is 4.98 Å². The number of benzene rings is 1. The average Bonchev–Trinajstić information content (AvgIpc) is 2.91. The van der Waals surface area contributed by atoms with E-state index in [4.69, 9.17) is 0 Å². The maximum absolute atomic E-state index is 12.1. The van der Waals surface area contributed by atoms with Crippen LogP contribution in [-0.2, 0) is 4.79 Å². The van der Waals surface area contributed by atoms with E-state index in [0.717, 1.165) is 19.5 Å². The molecular formula is C17H22N4O2S. The normalized spacial score (nSPS) is 21.2. The molecule has 2 aromatic rings. The highest BCUT2D eigenvalue weighted by Gasteiger charge is 2.32. The fraction of sp³-hybridized carbons (Fsp3) is 0.471. The topological polar surface area (TPSA) is 78.1 Å². The molecule has 3 rings (SSSR count). The van der Waals surface area contributed by atoms with Crippen molar-refractivity contribution in [2.45, 2.75) is 18.5 Å². The first-order valence-electron chi connectivity index (χ1n) is 8.02. The molecule has 0 radical (unpaired) electrons. The van der Waals surface area contributed by atoms with Crippen molar-refractivity contribution in [1.29, 1.82) is 0 Å². The third-order valence-corrected chi connectivity index (χ3v) is 5.27. The monoisotopic (exact) mass is 346 g/mol. The molecule has 0 aliphatic carbocycles. The molecule has 1 aliphatic rings. The second-order valence-corrected chi connectivity index (χ2v) is 7.72. The van der Waals surface area contributed by atoms with Crippen LogP contribution in [0.15, 0.2) is 34.2 Å². The Morgan fingerprint density at radius 2 is 2.25 bits per heavy atom. The van der Waals surface area contributed by atoms with Crippen molar-refractivity contribution < 1.29 is 4.79 Å². The van der Waals surface area contributed by atoms with Crippen LogP contribution in [0.2, 0.25) is 0 Å². The first-order valence-corrected chi connectivity index (χ1v) is 9.01. The zero-order valence-corrected chi connectivity index (χ0v) is 14.8. The molecule has 1 saturated heterocycles. The van der Waals surface area contributed by atoms with Gasteiger partial charge in [-0.05, 0) is 37.6 Å². The lowest BCUT2D eigenvalue weighted by molar-refractivity contribution is -0.119. The van der Waals surface area contributed by atoms with Crippen LogP contribution in [0.3, 0.4) is 0 Å². The largest absolute Gasteiger partial charge is 0.355 e. The SMILES string of the molecule is CN1CCC(C)(CNC(=O)CSc2nc3ccccc3c(=O)[nH]2)C1. The zero-order chi connectivity index (χ0) is 17.2. The van der Waals surface area contributed by atoms with Crippen molar-refractivity contribution in [2.75, 3.05) is 32.4 Å². The van der Waals surface area contributed by atoms with Gasteiger partial charge in [-0.1, -0.05) is 30.8 Å². The van der Waals surface area contributed by atoms with Gasteiger partial charge in [0, 0.05) is 13.1 Å². The number of aromatic nitrogens is 2. The summed E-state index contributed by atoms with van der Waals surface area (Å²) < 4.78 is 0. The van der Waals surface area contributed by atoms with Crippen LogP contribution in [0.1, 0.15) is 13.3 Å². The quantitative estimate of drug-likeness (QED) is 0.633. The van der Waals surface area contributed by atoms with Gasteiger partial charge in [-0.3, -0.25) is 9.59 Å². The van der Waals surface area contributed by atoms with Gasteiger partial charge in [0.2, 0.25) is 5.91 Å². The second-order valence-electron chi connectivity index (χ2n) is 6.75. The lowest BCUT2D eigenvalue weighted by atomic mass is 9.90. The number of fused-ring (bicyclic) bond motifs is 1. The van der Waals surface area contributed by atoms with E-state index in [0.29, 0.717) is 22.6 Å². The van der Waals surface area contributed by atoms with Crippen LogP contribution in [0.4, 0.5) is 0 Å². The summed E-state index contributed by atoms with van der Waals surface area (Å²) in [6.45, 7) is 4.95. The molecule has 1 atom stereocenters. The number of hydrogen-bond donors (Lipinski definition) is 2. The summed E-state index contributed by atoms with van der Waals surface area (Å²) in [6.07, 6.45) is 1.09. The molecule has 2 N–H and O–H groups in total. The van der Waals surface area contributed by atoms with Gasteiger partial charge in [-0.15, -0.1) is 0 Å². The molecule has 7 heteroatoms. The molecule has 1 fully saturated rings. The Balaban J connectivity index is 1.56. The van der Waals surface area contributed by atoms with E-state index in [2.05, 4.69) is 34.2 Å². The molecule has 1 aromatic heterocycles. The second kappa shape index (κ2) is 6.94. The van der Waals surface area contributed by atoms with Gasteiger partial charge in [0.25, 0.3) is 5.56 Å². The van der Waals surface area contributed by atoms with Gasteiger partial charge in [0.05, 0.1) is 16.7 Å². The lowest BCUT2D eigenvalue weighted by Crippen LogP contribution is -2.38. The predicted molar refractivity (Wildman–Crippen MR) is 96.3 cm³/mol. The van der Waals surface area contributed by atoms with Gasteiger partial charge in [0.15, 0.2) is 5.16 Å². The van der Waals surface area contributed by atoms with Crippen molar-refractivity contribution >= 4 is 28.6 Å². The molecule has 0 spiro atoms. The standard InChI is InChI=1S/C17H22N4O2S/c1-17(7-8-21(2)11-17)10-18-14(22)9-24-16-19-13-6-4-3-5-12(13)15(23)20-16/h3-6H,7-11H2,1-2H3,(H,18,22)(H,19,20,23). The number of nitrogens with zero attached hydrogens (tertiary/aromatic N) is 2. The summed E-state index contributed by atoms with van der Waals surface area (Å²) in [6, 6.07) is 7.18. The number of thioether (sulfide) groups is 1. The molecule has 1 unspecified atom stereocenters. The first kappa shape index (κ1) is 17.0. The molecule has 1 amide bonds. The van der Waals surface area contributed by atoms with Crippen LogP contribution < -0.4 is 10.9 Å². The minimum Gasteiger partial charge on any atom is -0.355 e. The molecule has 0 bridgehead atoms. The summed E-state index contributed by atoms with van der Waals surface area (Å²) in [5.41, 5.74) is 0.612. The Morgan fingerprint density at radius 3 is 3.00 bits per heavy atom. The third-order valence-electron chi connectivity index (χ3n) is 4.39. The molecule has 6 nitrogen and oxygen atoms in total. The lowest BCUT2D eigenvalue weighted by Gasteiger charge is -2.23. The highest BCUT2D eigenvalue weighted by molar-refractivity contribution is 7.99. The Kier molecular flexibility index (Phi) is 4.91. The fourth-order valence-electron chi connectivity index (χ4n) is 3.05. The molecule has 2 heterocycles. The number of nitrogens with one attached hydrogen (secondary N) is 2. The van der Waals surface area contributed by atoms with Crippen LogP contribution in [0, 0.1) is 5.41 Å². The molecule has 1 aliphatic heterocycles. The number of aromatic amines is 1. The molecule has 24 heavy (non-hydrogen) atoms. The number of rotatable bonds is 5. The summed E-state index contributed by atoms with van der Waals surface area (Å²) in [5.74, 6) is 0.208. The summed E-state index contributed by atoms with van der Waals surface area (Å²) in [4.78, 5) is 33.5. The molecule has 1 aromatic carbocycles. The Hall–Kier alpha value is -1.86. The van der Waals surface area contributed by atoms with E-state index in [1.807, 2.05) is 6.07 Å². The first-order chi connectivity index (χ1) is 11.5. The van der Waals surface area contributed by atoms with Crippen LogP contribution >= 0.6 is 11.8 Å². The molecular weight excluding hydrogens is 324 g/mol. The van der Waals surface area contributed by atoms with Crippen molar-refractivity contribution in [3.8, 4) is 0 Å². The van der Waals surface area contributed by atoms with Crippen molar-refractivity contribution in [1.82, 2.24) is 20.2 Å². The van der Waals surface area contributed by atoms with Gasteiger partial charge < -0.3 is 15.2 Å². The van der Waals surface area contributed by atoms with Crippen LogP contribution in [-0.4, -0.2) is 53.2 Å². The van der Waals surface area contributed by atoms with E-state index in [-0.39, 0.29) is 22.6 Å². The zero-order valence-electron chi connectivity index (χ0n) is 14.0.